The molecule has 0 saturated heterocycles. The number of rotatable bonds is 8. The third-order valence-electron chi connectivity index (χ3n) is 3.95. The number of H-pyrrole nitrogens is 1. The number of amides is 1. The molecule has 0 aliphatic carbocycles. The van der Waals surface area contributed by atoms with Gasteiger partial charge in [-0.15, -0.1) is 0 Å². The van der Waals surface area contributed by atoms with Crippen LogP contribution >= 0.6 is 0 Å². The van der Waals surface area contributed by atoms with Crippen LogP contribution in [0.1, 0.15) is 32.4 Å². The van der Waals surface area contributed by atoms with Gasteiger partial charge in [0.1, 0.15) is 0 Å². The molecule has 1 aromatic heterocycles. The molecule has 2 rings (SSSR count). The summed E-state index contributed by atoms with van der Waals surface area (Å²) in [5, 5.41) is 8.80. The van der Waals surface area contributed by atoms with Gasteiger partial charge in [-0.2, -0.15) is 0 Å². The van der Waals surface area contributed by atoms with E-state index in [-0.39, 0.29) is 24.9 Å². The van der Waals surface area contributed by atoms with Crippen LogP contribution in [0.3, 0.4) is 0 Å². The van der Waals surface area contributed by atoms with Crippen LogP contribution in [-0.4, -0.2) is 39.5 Å². The largest absolute Gasteiger partial charge is 0.481 e. The zero-order valence-electron chi connectivity index (χ0n) is 14.2. The van der Waals surface area contributed by atoms with Gasteiger partial charge in [0.25, 0.3) is 0 Å². The van der Waals surface area contributed by atoms with Crippen LogP contribution in [0.4, 0.5) is 0 Å². The van der Waals surface area contributed by atoms with E-state index < -0.39 is 5.97 Å². The van der Waals surface area contributed by atoms with E-state index >= 15 is 0 Å². The lowest BCUT2D eigenvalue weighted by molar-refractivity contribution is -0.139. The van der Waals surface area contributed by atoms with Gasteiger partial charge in [-0.1, -0.05) is 30.3 Å². The summed E-state index contributed by atoms with van der Waals surface area (Å²) in [6.07, 6.45) is 0.957. The molecule has 0 saturated carbocycles. The number of aryl methyl sites for hydroxylation is 1. The van der Waals surface area contributed by atoms with Gasteiger partial charge in [0.15, 0.2) is 0 Å². The summed E-state index contributed by atoms with van der Waals surface area (Å²) in [7, 11) is 0. The van der Waals surface area contributed by atoms with Gasteiger partial charge in [-0.3, -0.25) is 9.59 Å². The van der Waals surface area contributed by atoms with Crippen molar-refractivity contribution in [3.05, 3.63) is 48.2 Å². The van der Waals surface area contributed by atoms with E-state index in [4.69, 9.17) is 5.11 Å². The molecular formula is C19H24N2O3. The van der Waals surface area contributed by atoms with Crippen molar-refractivity contribution in [3.63, 3.8) is 0 Å². The number of aromatic amines is 1. The van der Waals surface area contributed by atoms with Crippen molar-refractivity contribution in [3.8, 4) is 11.3 Å². The Bertz CT molecular complexity index is 677. The first kappa shape index (κ1) is 17.8. The summed E-state index contributed by atoms with van der Waals surface area (Å²) in [6.45, 7) is 4.07. The van der Waals surface area contributed by atoms with Gasteiger partial charge in [-0.05, 0) is 38.0 Å². The maximum atomic E-state index is 12.4. The minimum Gasteiger partial charge on any atom is -0.481 e. The molecule has 24 heavy (non-hydrogen) atoms. The van der Waals surface area contributed by atoms with E-state index in [9.17, 15) is 9.59 Å². The number of carbonyl (C=O) groups excluding carboxylic acids is 1. The molecule has 0 unspecified atom stereocenters. The minimum atomic E-state index is -0.884. The maximum Gasteiger partial charge on any atom is 0.305 e. The van der Waals surface area contributed by atoms with E-state index in [2.05, 4.69) is 4.98 Å². The number of aliphatic carboxylic acids is 1. The Hall–Kier alpha value is -2.56. The van der Waals surface area contributed by atoms with Crippen LogP contribution in [0.2, 0.25) is 0 Å². The Kier molecular flexibility index (Phi) is 6.18. The molecule has 0 atom stereocenters. The van der Waals surface area contributed by atoms with E-state index in [1.165, 1.54) is 0 Å². The van der Waals surface area contributed by atoms with Crippen molar-refractivity contribution >= 4 is 11.9 Å². The number of carboxylic acids is 1. The fraction of sp³-hybridized carbons (Fsp3) is 0.368. The number of benzene rings is 1. The topological polar surface area (TPSA) is 73.4 Å². The van der Waals surface area contributed by atoms with E-state index in [0.717, 1.165) is 17.0 Å². The molecule has 0 bridgehead atoms. The lowest BCUT2D eigenvalue weighted by Crippen LogP contribution is -2.38. The third-order valence-corrected chi connectivity index (χ3v) is 3.95. The van der Waals surface area contributed by atoms with Crippen molar-refractivity contribution in [2.24, 2.45) is 0 Å². The molecule has 0 aliphatic rings. The second-order valence-electron chi connectivity index (χ2n) is 6.09. The average molecular weight is 328 g/mol. The highest BCUT2D eigenvalue weighted by molar-refractivity contribution is 5.77. The molecular weight excluding hydrogens is 304 g/mol. The van der Waals surface area contributed by atoms with E-state index in [1.54, 1.807) is 4.90 Å². The zero-order valence-corrected chi connectivity index (χ0v) is 14.2. The SMILES string of the molecule is CC(C)N(CCC(=O)O)C(=O)CCc1ccc(-c2ccccc2)[nH]1. The molecule has 2 N–H and O–H groups in total. The summed E-state index contributed by atoms with van der Waals surface area (Å²) in [5.41, 5.74) is 3.15. The summed E-state index contributed by atoms with van der Waals surface area (Å²) in [6, 6.07) is 14.0. The molecule has 0 radical (unpaired) electrons. The van der Waals surface area contributed by atoms with Crippen LogP contribution in [0, 0.1) is 0 Å². The number of hydrogen-bond donors (Lipinski definition) is 2. The van der Waals surface area contributed by atoms with Crippen LogP contribution in [0.15, 0.2) is 42.5 Å². The predicted octanol–water partition coefficient (Wildman–Crippen LogP) is 3.33. The lowest BCUT2D eigenvalue weighted by Gasteiger charge is -2.26. The molecule has 5 heteroatoms. The highest BCUT2D eigenvalue weighted by atomic mass is 16.4. The molecule has 0 fully saturated rings. The molecule has 0 spiro atoms. The summed E-state index contributed by atoms with van der Waals surface area (Å²) in [5.74, 6) is -0.896. The Labute approximate surface area is 142 Å². The second-order valence-corrected chi connectivity index (χ2v) is 6.09. The summed E-state index contributed by atoms with van der Waals surface area (Å²) in [4.78, 5) is 28.1. The van der Waals surface area contributed by atoms with Crippen molar-refractivity contribution in [2.45, 2.75) is 39.2 Å². The van der Waals surface area contributed by atoms with Gasteiger partial charge in [-0.25, -0.2) is 0 Å². The smallest absolute Gasteiger partial charge is 0.305 e. The Morgan fingerprint density at radius 1 is 1.08 bits per heavy atom. The van der Waals surface area contributed by atoms with Crippen molar-refractivity contribution in [1.82, 2.24) is 9.88 Å². The fourth-order valence-electron chi connectivity index (χ4n) is 2.64. The van der Waals surface area contributed by atoms with E-state index in [1.807, 2.05) is 56.3 Å². The highest BCUT2D eigenvalue weighted by Crippen LogP contribution is 2.18. The van der Waals surface area contributed by atoms with Crippen LogP contribution < -0.4 is 0 Å². The van der Waals surface area contributed by atoms with Crippen molar-refractivity contribution < 1.29 is 14.7 Å². The van der Waals surface area contributed by atoms with Gasteiger partial charge >= 0.3 is 5.97 Å². The van der Waals surface area contributed by atoms with Crippen molar-refractivity contribution in [2.75, 3.05) is 6.54 Å². The first-order chi connectivity index (χ1) is 11.5. The molecule has 0 aliphatic heterocycles. The fourth-order valence-corrected chi connectivity index (χ4v) is 2.64. The number of carbonyl (C=O) groups is 2. The molecule has 5 nitrogen and oxygen atoms in total. The molecule has 2 aromatic rings. The second kappa shape index (κ2) is 8.34. The number of aromatic nitrogens is 1. The summed E-state index contributed by atoms with van der Waals surface area (Å²) < 4.78 is 0. The molecule has 1 aromatic carbocycles. The average Bonchev–Trinajstić information content (AvgIpc) is 3.02. The number of carboxylic acid groups (broad SMARTS) is 1. The Balaban J connectivity index is 1.93. The first-order valence-electron chi connectivity index (χ1n) is 8.22. The standard InChI is InChI=1S/C19H24N2O3/c1-14(2)21(13-12-19(23)24)18(22)11-9-16-8-10-17(20-16)15-6-4-3-5-7-15/h3-8,10,14,20H,9,11-13H2,1-2H3,(H,23,24). The van der Waals surface area contributed by atoms with Crippen LogP contribution in [0.25, 0.3) is 11.3 Å². The van der Waals surface area contributed by atoms with Crippen LogP contribution in [0.5, 0.6) is 0 Å². The number of hydrogen-bond acceptors (Lipinski definition) is 2. The normalized spacial score (nSPS) is 10.8. The molecule has 128 valence electrons. The highest BCUT2D eigenvalue weighted by Gasteiger charge is 2.18. The quantitative estimate of drug-likeness (QED) is 0.780. The predicted molar refractivity (Wildman–Crippen MR) is 93.7 cm³/mol. The Morgan fingerprint density at radius 2 is 1.79 bits per heavy atom. The van der Waals surface area contributed by atoms with Gasteiger partial charge < -0.3 is 15.0 Å². The maximum absolute atomic E-state index is 12.4. The zero-order chi connectivity index (χ0) is 17.5. The van der Waals surface area contributed by atoms with Crippen molar-refractivity contribution in [1.29, 1.82) is 0 Å². The Morgan fingerprint density at radius 3 is 2.42 bits per heavy atom. The van der Waals surface area contributed by atoms with E-state index in [0.29, 0.717) is 12.8 Å². The number of nitrogens with one attached hydrogen (secondary N) is 1. The van der Waals surface area contributed by atoms with Gasteiger partial charge in [0, 0.05) is 30.4 Å². The van der Waals surface area contributed by atoms with Gasteiger partial charge in [0.05, 0.1) is 6.42 Å². The monoisotopic (exact) mass is 328 g/mol. The lowest BCUT2D eigenvalue weighted by atomic mass is 10.2. The molecule has 1 amide bonds. The minimum absolute atomic E-state index is 0.000344. The van der Waals surface area contributed by atoms with Gasteiger partial charge in [0.2, 0.25) is 5.91 Å². The number of nitrogens with zero attached hydrogens (tertiary/aromatic N) is 1. The summed E-state index contributed by atoms with van der Waals surface area (Å²) >= 11 is 0. The first-order valence-corrected chi connectivity index (χ1v) is 8.22. The van der Waals surface area contributed by atoms with Crippen LogP contribution in [-0.2, 0) is 16.0 Å². The molecule has 1 heterocycles. The third kappa shape index (κ3) is 4.98.